The molecule has 2 rings (SSSR count). The van der Waals surface area contributed by atoms with Crippen LogP contribution in [0.25, 0.3) is 0 Å². The van der Waals surface area contributed by atoms with Crippen LogP contribution in [0.5, 0.6) is 0 Å². The molecule has 0 fully saturated rings. The number of nitrogens with one attached hydrogen (secondary N) is 1. The first-order chi connectivity index (χ1) is 9.29. The topological polar surface area (TPSA) is 46.2 Å². The summed E-state index contributed by atoms with van der Waals surface area (Å²) in [5.74, 6) is -0.460. The highest BCUT2D eigenvalue weighted by atomic mass is 79.9. The van der Waals surface area contributed by atoms with Crippen LogP contribution < -0.4 is 4.72 Å². The fourth-order valence-corrected chi connectivity index (χ4v) is 3.61. The lowest BCUT2D eigenvalue weighted by Gasteiger charge is -2.12. The standard InChI is InChI=1S/C14H13BrFNO2S/c1-9-3-5-12(15)13(7-9)17-20(18,19)14-6-4-11(16)8-10(14)2/h3-8,17H,1-2H3. The van der Waals surface area contributed by atoms with Crippen molar-refractivity contribution < 1.29 is 12.8 Å². The number of sulfonamides is 1. The molecule has 3 nitrogen and oxygen atoms in total. The summed E-state index contributed by atoms with van der Waals surface area (Å²) < 4.78 is 40.9. The van der Waals surface area contributed by atoms with Gasteiger partial charge in [-0.05, 0) is 71.2 Å². The van der Waals surface area contributed by atoms with Gasteiger partial charge >= 0.3 is 0 Å². The molecular formula is C14H13BrFNO2S. The van der Waals surface area contributed by atoms with Crippen molar-refractivity contribution in [3.63, 3.8) is 0 Å². The van der Waals surface area contributed by atoms with Crippen molar-refractivity contribution in [1.82, 2.24) is 0 Å². The van der Waals surface area contributed by atoms with Gasteiger partial charge in [0.2, 0.25) is 0 Å². The van der Waals surface area contributed by atoms with Gasteiger partial charge in [-0.2, -0.15) is 0 Å². The van der Waals surface area contributed by atoms with Crippen LogP contribution in [0, 0.1) is 19.7 Å². The van der Waals surface area contributed by atoms with Gasteiger partial charge in [-0.3, -0.25) is 4.72 Å². The van der Waals surface area contributed by atoms with Crippen LogP contribution in [0.3, 0.4) is 0 Å². The quantitative estimate of drug-likeness (QED) is 0.901. The maximum atomic E-state index is 13.1. The van der Waals surface area contributed by atoms with E-state index in [4.69, 9.17) is 0 Å². The van der Waals surface area contributed by atoms with Crippen LogP contribution in [-0.4, -0.2) is 8.42 Å². The van der Waals surface area contributed by atoms with Crippen molar-refractivity contribution in [3.05, 3.63) is 57.8 Å². The third-order valence-electron chi connectivity index (χ3n) is 2.79. The van der Waals surface area contributed by atoms with E-state index in [9.17, 15) is 12.8 Å². The first-order valence-corrected chi connectivity index (χ1v) is 8.12. The minimum atomic E-state index is -3.75. The first-order valence-electron chi connectivity index (χ1n) is 5.85. The molecule has 0 spiro atoms. The lowest BCUT2D eigenvalue weighted by atomic mass is 10.2. The summed E-state index contributed by atoms with van der Waals surface area (Å²) in [7, 11) is -3.75. The number of benzene rings is 2. The Bertz CT molecular complexity index is 760. The molecule has 20 heavy (non-hydrogen) atoms. The fourth-order valence-electron chi connectivity index (χ4n) is 1.83. The fraction of sp³-hybridized carbons (Fsp3) is 0.143. The Hall–Kier alpha value is -1.40. The molecule has 0 unspecified atom stereocenters. The van der Waals surface area contributed by atoms with Crippen molar-refractivity contribution in [3.8, 4) is 0 Å². The zero-order valence-corrected chi connectivity index (χ0v) is 13.3. The van der Waals surface area contributed by atoms with Crippen LogP contribution in [0.1, 0.15) is 11.1 Å². The molecule has 0 aliphatic carbocycles. The van der Waals surface area contributed by atoms with Crippen LogP contribution in [0.15, 0.2) is 45.8 Å². The minimum absolute atomic E-state index is 0.0623. The summed E-state index contributed by atoms with van der Waals surface area (Å²) >= 11 is 3.30. The Morgan fingerprint density at radius 2 is 1.80 bits per heavy atom. The van der Waals surface area contributed by atoms with E-state index < -0.39 is 15.8 Å². The molecule has 106 valence electrons. The zero-order valence-electron chi connectivity index (χ0n) is 10.9. The number of hydrogen-bond acceptors (Lipinski definition) is 2. The van der Waals surface area contributed by atoms with E-state index in [2.05, 4.69) is 20.7 Å². The molecule has 1 N–H and O–H groups in total. The van der Waals surface area contributed by atoms with Crippen molar-refractivity contribution in [2.45, 2.75) is 18.7 Å². The number of anilines is 1. The van der Waals surface area contributed by atoms with E-state index in [-0.39, 0.29) is 4.90 Å². The SMILES string of the molecule is Cc1ccc(Br)c(NS(=O)(=O)c2ccc(F)cc2C)c1. The van der Waals surface area contributed by atoms with E-state index in [0.29, 0.717) is 15.7 Å². The zero-order chi connectivity index (χ0) is 14.9. The van der Waals surface area contributed by atoms with Gasteiger partial charge < -0.3 is 0 Å². The average Bonchev–Trinajstić information content (AvgIpc) is 2.33. The highest BCUT2D eigenvalue weighted by molar-refractivity contribution is 9.10. The van der Waals surface area contributed by atoms with Crippen LogP contribution in [0.2, 0.25) is 0 Å². The van der Waals surface area contributed by atoms with Crippen LogP contribution >= 0.6 is 15.9 Å². The summed E-state index contributed by atoms with van der Waals surface area (Å²) in [5.41, 5.74) is 1.75. The van der Waals surface area contributed by atoms with Gasteiger partial charge in [-0.25, -0.2) is 12.8 Å². The van der Waals surface area contributed by atoms with Gasteiger partial charge in [-0.15, -0.1) is 0 Å². The molecule has 0 saturated carbocycles. The summed E-state index contributed by atoms with van der Waals surface area (Å²) in [4.78, 5) is 0.0623. The third kappa shape index (κ3) is 3.19. The second-order valence-corrected chi connectivity index (χ2v) is 7.00. The van der Waals surface area contributed by atoms with E-state index in [1.54, 1.807) is 19.1 Å². The minimum Gasteiger partial charge on any atom is -0.278 e. The Morgan fingerprint density at radius 1 is 1.10 bits per heavy atom. The highest BCUT2D eigenvalue weighted by Crippen LogP contribution is 2.27. The smallest absolute Gasteiger partial charge is 0.262 e. The summed E-state index contributed by atoms with van der Waals surface area (Å²) in [6, 6.07) is 8.94. The molecule has 0 aliphatic heterocycles. The summed E-state index contributed by atoms with van der Waals surface area (Å²) in [5, 5.41) is 0. The lowest BCUT2D eigenvalue weighted by molar-refractivity contribution is 0.598. The lowest BCUT2D eigenvalue weighted by Crippen LogP contribution is -2.14. The van der Waals surface area contributed by atoms with E-state index in [0.717, 1.165) is 11.6 Å². The maximum Gasteiger partial charge on any atom is 0.262 e. The first kappa shape index (κ1) is 15.0. The molecule has 2 aromatic carbocycles. The van der Waals surface area contributed by atoms with Crippen LogP contribution in [-0.2, 0) is 10.0 Å². The number of rotatable bonds is 3. The number of aryl methyl sites for hydroxylation is 2. The van der Waals surface area contributed by atoms with E-state index >= 15 is 0 Å². The molecular weight excluding hydrogens is 345 g/mol. The largest absolute Gasteiger partial charge is 0.278 e. The molecule has 0 aliphatic rings. The van der Waals surface area contributed by atoms with E-state index in [1.165, 1.54) is 12.1 Å². The molecule has 0 aromatic heterocycles. The molecule has 6 heteroatoms. The number of halogens is 2. The summed E-state index contributed by atoms with van der Waals surface area (Å²) in [6.45, 7) is 3.43. The van der Waals surface area contributed by atoms with Gasteiger partial charge in [0.05, 0.1) is 10.6 Å². The normalized spacial score (nSPS) is 11.4. The maximum absolute atomic E-state index is 13.1. The van der Waals surface area contributed by atoms with Gasteiger partial charge in [0.25, 0.3) is 10.0 Å². The predicted molar refractivity (Wildman–Crippen MR) is 80.8 cm³/mol. The number of hydrogen-bond donors (Lipinski definition) is 1. The Kier molecular flexibility index (Phi) is 4.15. The summed E-state index contributed by atoms with van der Waals surface area (Å²) in [6.07, 6.45) is 0. The van der Waals surface area contributed by atoms with Crippen molar-refractivity contribution in [2.24, 2.45) is 0 Å². The Balaban J connectivity index is 2.43. The van der Waals surface area contributed by atoms with Gasteiger partial charge in [0.15, 0.2) is 0 Å². The second-order valence-electron chi connectivity index (χ2n) is 4.50. The van der Waals surface area contributed by atoms with Gasteiger partial charge in [-0.1, -0.05) is 6.07 Å². The third-order valence-corrected chi connectivity index (χ3v) is 5.01. The molecule has 0 radical (unpaired) electrons. The van der Waals surface area contributed by atoms with Crippen molar-refractivity contribution in [2.75, 3.05) is 4.72 Å². The Morgan fingerprint density at radius 3 is 2.45 bits per heavy atom. The highest BCUT2D eigenvalue weighted by Gasteiger charge is 2.18. The Labute approximate surface area is 126 Å². The molecule has 0 saturated heterocycles. The average molecular weight is 358 g/mol. The molecule has 0 heterocycles. The molecule has 0 bridgehead atoms. The molecule has 0 amide bonds. The second kappa shape index (κ2) is 5.54. The predicted octanol–water partition coefficient (Wildman–Crippen LogP) is 4.01. The van der Waals surface area contributed by atoms with Crippen molar-refractivity contribution in [1.29, 1.82) is 0 Å². The van der Waals surface area contributed by atoms with Crippen molar-refractivity contribution >= 4 is 31.6 Å². The monoisotopic (exact) mass is 357 g/mol. The van der Waals surface area contributed by atoms with Gasteiger partial charge in [0.1, 0.15) is 5.82 Å². The molecule has 2 aromatic rings. The molecule has 0 atom stereocenters. The van der Waals surface area contributed by atoms with Gasteiger partial charge in [0, 0.05) is 4.47 Å². The van der Waals surface area contributed by atoms with Crippen LogP contribution in [0.4, 0.5) is 10.1 Å². The van der Waals surface area contributed by atoms with E-state index in [1.807, 2.05) is 13.0 Å².